The molecule has 1 rings (SSSR count). The normalized spacial score (nSPS) is 20.3. The van der Waals surface area contributed by atoms with Crippen molar-refractivity contribution in [2.45, 2.75) is 45.6 Å². The maximum absolute atomic E-state index is 12.1. The zero-order valence-corrected chi connectivity index (χ0v) is 9.55. The van der Waals surface area contributed by atoms with Crippen molar-refractivity contribution < 1.29 is 4.79 Å². The number of hydrogen-bond donors (Lipinski definition) is 1. The second-order valence-electron chi connectivity index (χ2n) is 4.44. The lowest BCUT2D eigenvalue weighted by molar-refractivity contribution is -0.137. The second-order valence-corrected chi connectivity index (χ2v) is 4.44. The Hall–Kier alpha value is -0.570. The van der Waals surface area contributed by atoms with Crippen molar-refractivity contribution in [2.24, 2.45) is 11.7 Å². The fourth-order valence-corrected chi connectivity index (χ4v) is 1.87. The number of nitrogens with zero attached hydrogens (tertiary/aromatic N) is 1. The van der Waals surface area contributed by atoms with Crippen LogP contribution in [0, 0.1) is 5.92 Å². The minimum atomic E-state index is -0.620. The topological polar surface area (TPSA) is 46.3 Å². The van der Waals surface area contributed by atoms with Crippen molar-refractivity contribution in [3.63, 3.8) is 0 Å². The van der Waals surface area contributed by atoms with Gasteiger partial charge in [-0.1, -0.05) is 6.92 Å². The van der Waals surface area contributed by atoms with E-state index in [9.17, 15) is 4.79 Å². The Morgan fingerprint density at radius 2 is 2.07 bits per heavy atom. The molecule has 1 fully saturated rings. The lowest BCUT2D eigenvalue weighted by Crippen LogP contribution is -2.55. The molecule has 0 spiro atoms. The number of hydrogen-bond acceptors (Lipinski definition) is 2. The minimum absolute atomic E-state index is 0.129. The molecular formula is C11H22N2O. The van der Waals surface area contributed by atoms with Gasteiger partial charge in [0.15, 0.2) is 0 Å². The molecule has 0 aromatic rings. The quantitative estimate of drug-likeness (QED) is 0.725. The van der Waals surface area contributed by atoms with Gasteiger partial charge in [0.25, 0.3) is 0 Å². The highest BCUT2D eigenvalue weighted by Crippen LogP contribution is 2.38. The molecule has 1 aliphatic rings. The highest BCUT2D eigenvalue weighted by atomic mass is 16.2. The van der Waals surface area contributed by atoms with E-state index in [0.29, 0.717) is 5.92 Å². The van der Waals surface area contributed by atoms with E-state index < -0.39 is 5.54 Å². The lowest BCUT2D eigenvalue weighted by atomic mass is 9.95. The molecule has 0 radical (unpaired) electrons. The van der Waals surface area contributed by atoms with Crippen molar-refractivity contribution in [1.82, 2.24) is 4.90 Å². The molecule has 1 unspecified atom stereocenters. The number of carbonyl (C=O) groups is 1. The lowest BCUT2D eigenvalue weighted by Gasteiger charge is -2.31. The first-order valence-corrected chi connectivity index (χ1v) is 5.62. The van der Waals surface area contributed by atoms with Crippen molar-refractivity contribution in [1.29, 1.82) is 0 Å². The summed E-state index contributed by atoms with van der Waals surface area (Å²) in [6, 6.07) is 0. The van der Waals surface area contributed by atoms with Gasteiger partial charge in [-0.3, -0.25) is 4.79 Å². The molecule has 0 heterocycles. The summed E-state index contributed by atoms with van der Waals surface area (Å²) in [6.07, 6.45) is 3.23. The summed E-state index contributed by atoms with van der Waals surface area (Å²) in [5, 5.41) is 0. The van der Waals surface area contributed by atoms with Gasteiger partial charge in [0.05, 0.1) is 5.54 Å². The molecule has 0 aromatic carbocycles. The van der Waals surface area contributed by atoms with Crippen LogP contribution in [0.2, 0.25) is 0 Å². The van der Waals surface area contributed by atoms with Crippen molar-refractivity contribution in [3.05, 3.63) is 0 Å². The first-order chi connectivity index (χ1) is 6.54. The monoisotopic (exact) mass is 198 g/mol. The number of likely N-dealkylation sites (N-methyl/N-ethyl adjacent to an activating group) is 1. The summed E-state index contributed by atoms with van der Waals surface area (Å²) in [5.74, 6) is 0.547. The average Bonchev–Trinajstić information content (AvgIpc) is 2.96. The van der Waals surface area contributed by atoms with Crippen molar-refractivity contribution in [2.75, 3.05) is 13.1 Å². The molecule has 1 amide bonds. The Balaban J connectivity index is 2.60. The van der Waals surface area contributed by atoms with E-state index in [2.05, 4.69) is 6.92 Å². The van der Waals surface area contributed by atoms with Crippen LogP contribution >= 0.6 is 0 Å². The molecule has 14 heavy (non-hydrogen) atoms. The van der Waals surface area contributed by atoms with Crippen LogP contribution in [0.1, 0.15) is 40.0 Å². The van der Waals surface area contributed by atoms with E-state index in [1.54, 1.807) is 0 Å². The Kier molecular flexibility index (Phi) is 3.53. The highest BCUT2D eigenvalue weighted by molar-refractivity contribution is 5.86. The van der Waals surface area contributed by atoms with Gasteiger partial charge in [-0.2, -0.15) is 0 Å². The summed E-state index contributed by atoms with van der Waals surface area (Å²) in [5.41, 5.74) is 5.46. The standard InChI is InChI=1S/C11H22N2O/c1-4-8-13(5-2)10(14)11(3,12)9-6-7-9/h9H,4-8,12H2,1-3H3. The number of rotatable bonds is 5. The molecule has 0 aromatic heterocycles. The summed E-state index contributed by atoms with van der Waals surface area (Å²) >= 11 is 0. The zero-order valence-electron chi connectivity index (χ0n) is 9.55. The van der Waals surface area contributed by atoms with E-state index in [4.69, 9.17) is 5.73 Å². The van der Waals surface area contributed by atoms with Crippen molar-refractivity contribution in [3.8, 4) is 0 Å². The number of carbonyl (C=O) groups excluding carboxylic acids is 1. The van der Waals surface area contributed by atoms with E-state index in [1.165, 1.54) is 0 Å². The van der Waals surface area contributed by atoms with E-state index >= 15 is 0 Å². The van der Waals surface area contributed by atoms with Crippen LogP contribution in [-0.2, 0) is 4.79 Å². The number of nitrogens with two attached hydrogens (primary N) is 1. The van der Waals surface area contributed by atoms with Crippen molar-refractivity contribution >= 4 is 5.91 Å². The number of amides is 1. The molecule has 0 aliphatic heterocycles. The van der Waals surface area contributed by atoms with Crippen LogP contribution < -0.4 is 5.73 Å². The zero-order chi connectivity index (χ0) is 10.8. The van der Waals surface area contributed by atoms with Crippen LogP contribution in [0.15, 0.2) is 0 Å². The van der Waals surface area contributed by atoms with Gasteiger partial charge in [0.1, 0.15) is 0 Å². The van der Waals surface area contributed by atoms with Gasteiger partial charge in [-0.05, 0) is 39.0 Å². The second kappa shape index (κ2) is 4.30. The van der Waals surface area contributed by atoms with Gasteiger partial charge in [0.2, 0.25) is 5.91 Å². The summed E-state index contributed by atoms with van der Waals surface area (Å²) in [6.45, 7) is 7.57. The largest absolute Gasteiger partial charge is 0.341 e. The fourth-order valence-electron chi connectivity index (χ4n) is 1.87. The Morgan fingerprint density at radius 1 is 1.50 bits per heavy atom. The molecular weight excluding hydrogens is 176 g/mol. The maximum atomic E-state index is 12.1. The molecule has 1 atom stereocenters. The summed E-state index contributed by atoms with van der Waals surface area (Å²) in [7, 11) is 0. The molecule has 3 nitrogen and oxygen atoms in total. The van der Waals surface area contributed by atoms with Crippen LogP contribution in [0.4, 0.5) is 0 Å². The molecule has 3 heteroatoms. The molecule has 82 valence electrons. The molecule has 1 aliphatic carbocycles. The first kappa shape index (κ1) is 11.5. The van der Waals surface area contributed by atoms with Gasteiger partial charge in [0, 0.05) is 13.1 Å². The molecule has 2 N–H and O–H groups in total. The summed E-state index contributed by atoms with van der Waals surface area (Å²) < 4.78 is 0. The first-order valence-electron chi connectivity index (χ1n) is 5.62. The van der Waals surface area contributed by atoms with Crippen LogP contribution in [-0.4, -0.2) is 29.4 Å². The third-order valence-electron chi connectivity index (χ3n) is 3.05. The summed E-state index contributed by atoms with van der Waals surface area (Å²) in [4.78, 5) is 13.9. The predicted octanol–water partition coefficient (Wildman–Crippen LogP) is 1.37. The van der Waals surface area contributed by atoms with Gasteiger partial charge in [-0.25, -0.2) is 0 Å². The fraction of sp³-hybridized carbons (Fsp3) is 0.909. The van der Waals surface area contributed by atoms with Gasteiger partial charge < -0.3 is 10.6 Å². The minimum Gasteiger partial charge on any atom is -0.341 e. The van der Waals surface area contributed by atoms with Crippen LogP contribution in [0.5, 0.6) is 0 Å². The van der Waals surface area contributed by atoms with E-state index in [-0.39, 0.29) is 5.91 Å². The SMILES string of the molecule is CCCN(CC)C(=O)C(C)(N)C1CC1. The van der Waals surface area contributed by atoms with Crippen LogP contribution in [0.25, 0.3) is 0 Å². The maximum Gasteiger partial charge on any atom is 0.242 e. The van der Waals surface area contributed by atoms with E-state index in [1.807, 2.05) is 18.7 Å². The Morgan fingerprint density at radius 3 is 2.43 bits per heavy atom. The molecule has 0 bridgehead atoms. The Bertz CT molecular complexity index is 209. The highest BCUT2D eigenvalue weighted by Gasteiger charge is 2.45. The molecule has 0 saturated heterocycles. The van der Waals surface area contributed by atoms with Gasteiger partial charge >= 0.3 is 0 Å². The third kappa shape index (κ3) is 2.27. The smallest absolute Gasteiger partial charge is 0.242 e. The average molecular weight is 198 g/mol. The Labute approximate surface area is 86.6 Å². The van der Waals surface area contributed by atoms with Gasteiger partial charge in [-0.15, -0.1) is 0 Å². The van der Waals surface area contributed by atoms with E-state index in [0.717, 1.165) is 32.4 Å². The van der Waals surface area contributed by atoms with Crippen LogP contribution in [0.3, 0.4) is 0 Å². The molecule has 1 saturated carbocycles. The predicted molar refractivity (Wildman–Crippen MR) is 57.9 cm³/mol. The third-order valence-corrected chi connectivity index (χ3v) is 3.05.